The maximum atomic E-state index is 12.1. The summed E-state index contributed by atoms with van der Waals surface area (Å²) in [5.41, 5.74) is 4.48. The molecule has 8 nitrogen and oxygen atoms in total. The van der Waals surface area contributed by atoms with Gasteiger partial charge in [-0.15, -0.1) is 0 Å². The number of nitrogens with one attached hydrogen (secondary N) is 1. The van der Waals surface area contributed by atoms with E-state index in [1.165, 1.54) is 16.3 Å². The third-order valence-corrected chi connectivity index (χ3v) is 8.54. The minimum absolute atomic E-state index is 0.0215. The number of hydrogen-bond acceptors (Lipinski definition) is 6. The van der Waals surface area contributed by atoms with Gasteiger partial charge in [-0.3, -0.25) is 14.5 Å². The van der Waals surface area contributed by atoms with Crippen molar-refractivity contribution in [1.29, 1.82) is 0 Å². The molecule has 0 bridgehead atoms. The lowest BCUT2D eigenvalue weighted by molar-refractivity contribution is -0.276. The van der Waals surface area contributed by atoms with Crippen LogP contribution in [-0.2, 0) is 25.7 Å². The smallest absolute Gasteiger partial charge is 0.303 e. The maximum absolute atomic E-state index is 12.1. The number of carboxylic acids is 1. The molecule has 0 aliphatic carbocycles. The molecular formula is C36H40N2O6. The molecule has 5 rings (SSSR count). The first-order valence-electron chi connectivity index (χ1n) is 15.0. The minimum Gasteiger partial charge on any atom is -0.481 e. The van der Waals surface area contributed by atoms with Crippen molar-refractivity contribution >= 4 is 28.3 Å². The molecule has 1 heterocycles. The summed E-state index contributed by atoms with van der Waals surface area (Å²) in [7, 11) is 2.12. The molecule has 0 radical (unpaired) electrons. The van der Waals surface area contributed by atoms with Crippen molar-refractivity contribution in [3.8, 4) is 0 Å². The third kappa shape index (κ3) is 7.52. The Bertz CT molecular complexity index is 1570. The highest BCUT2D eigenvalue weighted by Gasteiger charge is 2.39. The second-order valence-electron chi connectivity index (χ2n) is 11.6. The van der Waals surface area contributed by atoms with Crippen LogP contribution in [0.1, 0.15) is 67.4 Å². The van der Waals surface area contributed by atoms with E-state index >= 15 is 0 Å². The number of aliphatic hydroxyl groups is 1. The number of hydrogen-bond donors (Lipinski definition) is 3. The van der Waals surface area contributed by atoms with E-state index in [2.05, 4.69) is 73.6 Å². The minimum atomic E-state index is -1.01. The zero-order chi connectivity index (χ0) is 31.2. The summed E-state index contributed by atoms with van der Waals surface area (Å²) in [6.07, 6.45) is -1.35. The van der Waals surface area contributed by atoms with Crippen LogP contribution in [-0.4, -0.2) is 46.7 Å². The number of ether oxygens (including phenoxy) is 2. The molecule has 44 heavy (non-hydrogen) atoms. The predicted molar refractivity (Wildman–Crippen MR) is 170 cm³/mol. The number of amides is 1. The summed E-state index contributed by atoms with van der Waals surface area (Å²) in [5.74, 6) is -1.33. The zero-order valence-electron chi connectivity index (χ0n) is 25.4. The van der Waals surface area contributed by atoms with Crippen LogP contribution in [0.2, 0.25) is 0 Å². The molecule has 1 aliphatic heterocycles. The highest BCUT2D eigenvalue weighted by Crippen LogP contribution is 2.42. The van der Waals surface area contributed by atoms with Gasteiger partial charge in [0.25, 0.3) is 0 Å². The normalized spacial score (nSPS) is 20.8. The van der Waals surface area contributed by atoms with Gasteiger partial charge in [-0.2, -0.15) is 0 Å². The summed E-state index contributed by atoms with van der Waals surface area (Å²) < 4.78 is 13.2. The van der Waals surface area contributed by atoms with Crippen LogP contribution < -0.4 is 5.32 Å². The topological polar surface area (TPSA) is 108 Å². The largest absolute Gasteiger partial charge is 0.481 e. The quantitative estimate of drug-likeness (QED) is 0.179. The van der Waals surface area contributed by atoms with Crippen LogP contribution in [0, 0.1) is 5.92 Å². The first-order chi connectivity index (χ1) is 21.2. The molecule has 4 aromatic carbocycles. The van der Waals surface area contributed by atoms with Crippen molar-refractivity contribution in [3.63, 3.8) is 0 Å². The number of carbonyl (C=O) groups is 2. The number of nitrogens with zero attached hydrogens (tertiary/aromatic N) is 1. The van der Waals surface area contributed by atoms with Crippen molar-refractivity contribution in [1.82, 2.24) is 4.90 Å². The highest BCUT2D eigenvalue weighted by molar-refractivity contribution is 5.92. The van der Waals surface area contributed by atoms with Gasteiger partial charge < -0.3 is 25.0 Å². The van der Waals surface area contributed by atoms with Crippen LogP contribution in [0.5, 0.6) is 0 Å². The number of benzene rings is 4. The number of rotatable bonds is 11. The standard InChI is InChI=1S/C36H40N2O6/c1-23-32(21-38(3)24(2)29-13-12-26-6-4-5-7-30(26)20-29)43-36(44-35(23)27-10-8-25(22-39)9-11-27)28-14-16-31(17-15-28)37-33(40)18-19-34(41)42/h4-17,20,23-24,32,35-36,39H,18-19,21-22H2,1-3H3,(H,37,40)(H,41,42). The zero-order valence-corrected chi connectivity index (χ0v) is 25.4. The Kier molecular flexibility index (Phi) is 10.1. The third-order valence-electron chi connectivity index (χ3n) is 8.54. The Balaban J connectivity index is 1.35. The van der Waals surface area contributed by atoms with Gasteiger partial charge in [-0.05, 0) is 59.6 Å². The Morgan fingerprint density at radius 3 is 2.25 bits per heavy atom. The first-order valence-corrected chi connectivity index (χ1v) is 15.0. The average molecular weight is 597 g/mol. The summed E-state index contributed by atoms with van der Waals surface area (Å²) in [5, 5.41) is 23.6. The van der Waals surface area contributed by atoms with Crippen molar-refractivity contribution < 1.29 is 29.3 Å². The fraction of sp³-hybridized carbons (Fsp3) is 0.333. The maximum Gasteiger partial charge on any atom is 0.303 e. The van der Waals surface area contributed by atoms with E-state index in [0.717, 1.165) is 16.7 Å². The fourth-order valence-corrected chi connectivity index (χ4v) is 5.66. The van der Waals surface area contributed by atoms with Crippen LogP contribution in [0.25, 0.3) is 10.8 Å². The summed E-state index contributed by atoms with van der Waals surface area (Å²) in [6.45, 7) is 5.01. The number of aliphatic carboxylic acids is 1. The summed E-state index contributed by atoms with van der Waals surface area (Å²) in [6, 6.07) is 30.2. The lowest BCUT2D eigenvalue weighted by Crippen LogP contribution is -2.44. The van der Waals surface area contributed by atoms with Crippen LogP contribution in [0.15, 0.2) is 91.0 Å². The molecule has 5 unspecified atom stereocenters. The van der Waals surface area contributed by atoms with Crippen LogP contribution >= 0.6 is 0 Å². The molecule has 1 aliphatic rings. The van der Waals surface area contributed by atoms with Crippen molar-refractivity contribution in [2.24, 2.45) is 5.92 Å². The Hall–Kier alpha value is -4.08. The van der Waals surface area contributed by atoms with Crippen molar-refractivity contribution in [3.05, 3.63) is 113 Å². The van der Waals surface area contributed by atoms with Gasteiger partial charge in [0.05, 0.1) is 25.2 Å². The van der Waals surface area contributed by atoms with Gasteiger partial charge in [0.2, 0.25) is 5.91 Å². The van der Waals surface area contributed by atoms with E-state index in [-0.39, 0.29) is 49.5 Å². The van der Waals surface area contributed by atoms with E-state index in [9.17, 15) is 14.7 Å². The lowest BCUT2D eigenvalue weighted by Gasteiger charge is -2.43. The summed E-state index contributed by atoms with van der Waals surface area (Å²) in [4.78, 5) is 25.2. The molecule has 1 amide bonds. The number of anilines is 1. The van der Waals surface area contributed by atoms with Crippen molar-refractivity contribution in [2.45, 2.75) is 57.8 Å². The Morgan fingerprint density at radius 2 is 1.57 bits per heavy atom. The van der Waals surface area contributed by atoms with Crippen molar-refractivity contribution in [2.75, 3.05) is 18.9 Å². The first kappa shape index (κ1) is 31.3. The molecule has 0 spiro atoms. The molecule has 8 heteroatoms. The number of carboxylic acid groups (broad SMARTS) is 1. The van der Waals surface area contributed by atoms with Gasteiger partial charge in [0.1, 0.15) is 0 Å². The van der Waals surface area contributed by atoms with E-state index in [4.69, 9.17) is 14.6 Å². The highest BCUT2D eigenvalue weighted by atomic mass is 16.7. The van der Waals surface area contributed by atoms with E-state index in [1.807, 2.05) is 36.4 Å². The number of carbonyl (C=O) groups excluding carboxylic acids is 1. The van der Waals surface area contributed by atoms with E-state index < -0.39 is 12.3 Å². The second-order valence-corrected chi connectivity index (χ2v) is 11.6. The second kappa shape index (κ2) is 14.1. The average Bonchev–Trinajstić information content (AvgIpc) is 3.04. The van der Waals surface area contributed by atoms with Gasteiger partial charge in [-0.1, -0.05) is 79.7 Å². The van der Waals surface area contributed by atoms with Gasteiger partial charge in [0.15, 0.2) is 6.29 Å². The molecule has 3 N–H and O–H groups in total. The van der Waals surface area contributed by atoms with Gasteiger partial charge in [-0.25, -0.2) is 0 Å². The molecule has 1 fully saturated rings. The predicted octanol–water partition coefficient (Wildman–Crippen LogP) is 6.62. The van der Waals surface area contributed by atoms with E-state index in [1.54, 1.807) is 12.1 Å². The molecule has 4 aromatic rings. The summed E-state index contributed by atoms with van der Waals surface area (Å²) >= 11 is 0. The monoisotopic (exact) mass is 596 g/mol. The molecular weight excluding hydrogens is 556 g/mol. The Morgan fingerprint density at radius 1 is 0.886 bits per heavy atom. The number of likely N-dealkylation sites (N-methyl/N-ethyl adjacent to an activating group) is 1. The number of fused-ring (bicyclic) bond motifs is 1. The number of aliphatic hydroxyl groups excluding tert-OH is 1. The van der Waals surface area contributed by atoms with Gasteiger partial charge >= 0.3 is 5.97 Å². The van der Waals surface area contributed by atoms with Crippen LogP contribution in [0.3, 0.4) is 0 Å². The molecule has 0 saturated carbocycles. The molecule has 230 valence electrons. The Labute approximate surface area is 258 Å². The molecule has 1 saturated heterocycles. The lowest BCUT2D eigenvalue weighted by atomic mass is 9.89. The molecule has 5 atom stereocenters. The fourth-order valence-electron chi connectivity index (χ4n) is 5.66. The molecule has 0 aromatic heterocycles. The SMILES string of the molecule is CC1C(CN(C)C(C)c2ccc3ccccc3c2)OC(c2ccc(NC(=O)CCC(=O)O)cc2)OC1c1ccc(CO)cc1. The van der Waals surface area contributed by atoms with Gasteiger partial charge in [0, 0.05) is 36.2 Å². The van der Waals surface area contributed by atoms with Crippen LogP contribution in [0.4, 0.5) is 5.69 Å². The van der Waals surface area contributed by atoms with E-state index in [0.29, 0.717) is 12.2 Å².